The van der Waals surface area contributed by atoms with Crippen LogP contribution in [-0.2, 0) is 15.9 Å². The molecule has 1 amide bonds. The highest BCUT2D eigenvalue weighted by atomic mass is 28.3. The van der Waals surface area contributed by atoms with Crippen molar-refractivity contribution < 1.29 is 28.8 Å². The van der Waals surface area contributed by atoms with E-state index in [0.717, 1.165) is 10.9 Å². The molecule has 1 aromatic heterocycles. The summed E-state index contributed by atoms with van der Waals surface area (Å²) in [5.74, 6) is 1.17. The van der Waals surface area contributed by atoms with Crippen LogP contribution >= 0.6 is 0 Å². The Balaban J connectivity index is 2.04. The lowest BCUT2D eigenvalue weighted by molar-refractivity contribution is 0.0511. The summed E-state index contributed by atoms with van der Waals surface area (Å²) in [5, 5.41) is 13.0. The van der Waals surface area contributed by atoms with E-state index in [-0.39, 0.29) is 6.79 Å². The van der Waals surface area contributed by atoms with Gasteiger partial charge in [0.15, 0.2) is 15.0 Å². The van der Waals surface area contributed by atoms with Crippen molar-refractivity contribution in [1.82, 2.24) is 4.23 Å². The molecule has 0 radical (unpaired) electrons. The highest BCUT2D eigenvalue weighted by molar-refractivity contribution is 6.82. The molecule has 0 spiro atoms. The van der Waals surface area contributed by atoms with Gasteiger partial charge < -0.3 is 28.3 Å². The van der Waals surface area contributed by atoms with E-state index in [2.05, 4.69) is 58.0 Å². The van der Waals surface area contributed by atoms with Crippen molar-refractivity contribution in [3.8, 4) is 11.5 Å². The predicted octanol–water partition coefficient (Wildman–Crippen LogP) is 8.04. The molecular weight excluding hydrogens is 560 g/mol. The van der Waals surface area contributed by atoms with E-state index in [9.17, 15) is 9.90 Å². The van der Waals surface area contributed by atoms with Gasteiger partial charge in [-0.2, -0.15) is 0 Å². The largest absolute Gasteiger partial charge is 0.496 e. The number of hydrogen-bond donors (Lipinski definition) is 1. The van der Waals surface area contributed by atoms with Gasteiger partial charge in [-0.3, -0.25) is 4.90 Å². The highest BCUT2D eigenvalue weighted by Gasteiger charge is 2.47. The summed E-state index contributed by atoms with van der Waals surface area (Å²) < 4.78 is 25.1. The fraction of sp³-hybridized carbons (Fsp3) is 0.559. The predicted molar refractivity (Wildman–Crippen MR) is 175 cm³/mol. The lowest BCUT2D eigenvalue weighted by atomic mass is 9.92. The number of carbonyl (C=O) groups excluding carboxylic acids is 1. The van der Waals surface area contributed by atoms with Crippen molar-refractivity contribution in [2.45, 2.75) is 97.1 Å². The Kier molecular flexibility index (Phi) is 9.59. The van der Waals surface area contributed by atoms with Gasteiger partial charge in [0.1, 0.15) is 23.2 Å². The molecule has 3 aromatic rings. The van der Waals surface area contributed by atoms with Gasteiger partial charge >= 0.3 is 6.09 Å². The van der Waals surface area contributed by atoms with Gasteiger partial charge in [0, 0.05) is 30.6 Å². The first-order chi connectivity index (χ1) is 20.2. The molecule has 0 bridgehead atoms. The molecule has 2 heterocycles. The number of ether oxygens (including phenoxy) is 4. The minimum absolute atomic E-state index is 0.134. The van der Waals surface area contributed by atoms with Crippen molar-refractivity contribution in [2.75, 3.05) is 32.5 Å². The zero-order valence-electron chi connectivity index (χ0n) is 27.8. The van der Waals surface area contributed by atoms with Gasteiger partial charge in [0.2, 0.25) is 0 Å². The quantitative estimate of drug-likeness (QED) is 0.185. The number of amides is 1. The van der Waals surface area contributed by atoms with E-state index in [1.165, 1.54) is 5.56 Å². The minimum atomic E-state index is -2.17. The summed E-state index contributed by atoms with van der Waals surface area (Å²) in [6, 6.07) is 9.33. The molecule has 43 heavy (non-hydrogen) atoms. The first-order valence-corrected chi connectivity index (χ1v) is 17.5. The number of carbonyl (C=O) groups is 1. The molecule has 236 valence electrons. The van der Waals surface area contributed by atoms with Crippen molar-refractivity contribution in [1.29, 1.82) is 0 Å². The maximum absolute atomic E-state index is 13.8. The zero-order chi connectivity index (χ0) is 31.9. The van der Waals surface area contributed by atoms with Crippen LogP contribution < -0.4 is 14.4 Å². The fourth-order valence-corrected chi connectivity index (χ4v) is 14.0. The van der Waals surface area contributed by atoms with Gasteiger partial charge in [-0.25, -0.2) is 4.79 Å². The summed E-state index contributed by atoms with van der Waals surface area (Å²) in [4.78, 5) is 15.5. The molecule has 2 aromatic carbocycles. The normalized spacial score (nSPS) is 14.6. The molecule has 9 heteroatoms. The Morgan fingerprint density at radius 1 is 1.00 bits per heavy atom. The van der Waals surface area contributed by atoms with Gasteiger partial charge in [-0.1, -0.05) is 53.7 Å². The standard InChI is InChI=1S/C34H50N2O6Si/c1-21(2)43(22(3)4,23(5)6)36-19-25-16-17-35(33(38)42-34(7,8)9)31-29(25)27(36)18-28(40-11)30(31)32(37)24-12-14-26(15-13-24)41-20-39-10/h12-15,18-19,21-23,32,37H,16-17,20H2,1-11H3. The monoisotopic (exact) mass is 610 g/mol. The van der Waals surface area contributed by atoms with Gasteiger partial charge in [0.25, 0.3) is 0 Å². The van der Waals surface area contributed by atoms with Crippen LogP contribution in [-0.4, -0.2) is 56.8 Å². The topological polar surface area (TPSA) is 82.4 Å². The van der Waals surface area contributed by atoms with Gasteiger partial charge in [0.05, 0.1) is 18.4 Å². The van der Waals surface area contributed by atoms with Crippen molar-refractivity contribution >= 4 is 30.9 Å². The number of hydrogen-bond acceptors (Lipinski definition) is 6. The number of rotatable bonds is 10. The van der Waals surface area contributed by atoms with E-state index < -0.39 is 26.0 Å². The second-order valence-corrected chi connectivity index (χ2v) is 19.2. The summed E-state index contributed by atoms with van der Waals surface area (Å²) in [6.07, 6.45) is 1.54. The van der Waals surface area contributed by atoms with Crippen molar-refractivity contribution in [3.63, 3.8) is 0 Å². The average molecular weight is 611 g/mol. The molecular formula is C34H50N2O6Si. The van der Waals surface area contributed by atoms with E-state index in [1.807, 2.05) is 32.9 Å². The number of nitrogens with zero attached hydrogens (tertiary/aromatic N) is 2. The third-order valence-electron chi connectivity index (χ3n) is 8.86. The minimum Gasteiger partial charge on any atom is -0.496 e. The summed E-state index contributed by atoms with van der Waals surface area (Å²) in [5.41, 5.74) is 4.84. The Morgan fingerprint density at radius 2 is 1.60 bits per heavy atom. The summed E-state index contributed by atoms with van der Waals surface area (Å²) >= 11 is 0. The van der Waals surface area contributed by atoms with Crippen LogP contribution in [0.5, 0.6) is 11.5 Å². The van der Waals surface area contributed by atoms with Gasteiger partial charge in [-0.05, 0) is 73.3 Å². The van der Waals surface area contributed by atoms with Crippen LogP contribution in [0.15, 0.2) is 36.5 Å². The maximum atomic E-state index is 13.8. The molecule has 0 fully saturated rings. The second-order valence-electron chi connectivity index (χ2n) is 13.5. The van der Waals surface area contributed by atoms with Crippen LogP contribution in [0.25, 0.3) is 10.9 Å². The number of benzene rings is 2. The molecule has 1 atom stereocenters. The second kappa shape index (κ2) is 12.5. The van der Waals surface area contributed by atoms with Crippen LogP contribution in [0.4, 0.5) is 10.5 Å². The molecule has 1 unspecified atom stereocenters. The number of aliphatic hydroxyl groups excluding tert-OH is 1. The third kappa shape index (κ3) is 5.91. The lowest BCUT2D eigenvalue weighted by Gasteiger charge is -2.44. The molecule has 4 rings (SSSR count). The highest BCUT2D eigenvalue weighted by Crippen LogP contribution is 2.51. The number of aromatic nitrogens is 1. The number of methoxy groups -OCH3 is 2. The Hall–Kier alpha value is -3.01. The molecule has 1 N–H and O–H groups in total. The SMILES string of the molecule is COCOc1ccc(C(O)c2c(OC)cc3c4c(cn3[Si](C(C)C)(C(C)C)C(C)C)CCN(C(=O)OC(C)(C)C)c24)cc1. The fourth-order valence-electron chi connectivity index (χ4n) is 7.38. The maximum Gasteiger partial charge on any atom is 0.414 e. The van der Waals surface area contributed by atoms with Crippen molar-refractivity contribution in [2.24, 2.45) is 0 Å². The summed E-state index contributed by atoms with van der Waals surface area (Å²) in [7, 11) is 1.03. The Bertz CT molecular complexity index is 1420. The summed E-state index contributed by atoms with van der Waals surface area (Å²) in [6.45, 7) is 20.3. The van der Waals surface area contributed by atoms with Crippen LogP contribution in [0.3, 0.4) is 0 Å². The van der Waals surface area contributed by atoms with Crippen LogP contribution in [0.1, 0.15) is 85.1 Å². The Morgan fingerprint density at radius 3 is 2.12 bits per heavy atom. The van der Waals surface area contributed by atoms with E-state index in [0.29, 0.717) is 57.9 Å². The number of anilines is 1. The zero-order valence-corrected chi connectivity index (χ0v) is 28.8. The molecule has 0 saturated heterocycles. The molecule has 0 aliphatic carbocycles. The molecule has 8 nitrogen and oxygen atoms in total. The van der Waals surface area contributed by atoms with E-state index in [4.69, 9.17) is 18.9 Å². The van der Waals surface area contributed by atoms with Gasteiger partial charge in [-0.15, -0.1) is 0 Å². The Labute approximate surface area is 258 Å². The van der Waals surface area contributed by atoms with E-state index >= 15 is 0 Å². The van der Waals surface area contributed by atoms with Crippen LogP contribution in [0.2, 0.25) is 16.6 Å². The third-order valence-corrected chi connectivity index (χ3v) is 15.6. The number of aliphatic hydroxyl groups is 1. The lowest BCUT2D eigenvalue weighted by Crippen LogP contribution is -2.51. The van der Waals surface area contributed by atoms with Crippen molar-refractivity contribution in [3.05, 3.63) is 53.2 Å². The molecule has 1 aliphatic rings. The molecule has 1 aliphatic heterocycles. The average Bonchev–Trinajstić information content (AvgIpc) is 3.29. The first kappa shape index (κ1) is 32.9. The molecule has 0 saturated carbocycles. The first-order valence-electron chi connectivity index (χ1n) is 15.3. The smallest absolute Gasteiger partial charge is 0.414 e. The van der Waals surface area contributed by atoms with E-state index in [1.54, 1.807) is 31.3 Å². The van der Waals surface area contributed by atoms with Crippen LogP contribution in [0, 0.1) is 0 Å².